The molecule has 2 aromatic carbocycles. The number of rotatable bonds is 4. The van der Waals surface area contributed by atoms with Gasteiger partial charge in [-0.05, 0) is 48.4 Å². The second kappa shape index (κ2) is 5.80. The average molecular weight is 262 g/mol. The predicted molar refractivity (Wildman–Crippen MR) is 73.0 cm³/mol. The van der Waals surface area contributed by atoms with Gasteiger partial charge >= 0.3 is 0 Å². The number of anilines is 1. The quantitative estimate of drug-likeness (QED) is 0.886. The van der Waals surface area contributed by atoms with E-state index >= 15 is 0 Å². The van der Waals surface area contributed by atoms with Crippen LogP contribution in [0.2, 0.25) is 0 Å². The standard InChI is InChI=1S/C15H16F2N2/c1-10-7-12(17)5-6-14(10)15(9-18)19-13-4-2-3-11(16)8-13/h2-8,15,19H,9,18H2,1H3. The molecule has 4 heteroatoms. The summed E-state index contributed by atoms with van der Waals surface area (Å²) < 4.78 is 26.2. The highest BCUT2D eigenvalue weighted by atomic mass is 19.1. The maximum absolute atomic E-state index is 13.1. The predicted octanol–water partition coefficient (Wildman–Crippen LogP) is 3.39. The van der Waals surface area contributed by atoms with Gasteiger partial charge in [-0.1, -0.05) is 12.1 Å². The molecule has 0 fully saturated rings. The van der Waals surface area contributed by atoms with Gasteiger partial charge in [0.1, 0.15) is 11.6 Å². The number of halogens is 2. The van der Waals surface area contributed by atoms with Crippen molar-refractivity contribution in [3.8, 4) is 0 Å². The van der Waals surface area contributed by atoms with Gasteiger partial charge in [0.25, 0.3) is 0 Å². The molecule has 1 unspecified atom stereocenters. The van der Waals surface area contributed by atoms with Crippen LogP contribution in [0.3, 0.4) is 0 Å². The van der Waals surface area contributed by atoms with Crippen molar-refractivity contribution in [3.05, 3.63) is 65.2 Å². The second-order valence-electron chi connectivity index (χ2n) is 4.44. The Kier molecular flexibility index (Phi) is 4.12. The fourth-order valence-corrected chi connectivity index (χ4v) is 2.07. The van der Waals surface area contributed by atoms with E-state index in [1.54, 1.807) is 18.2 Å². The Morgan fingerprint density at radius 2 is 1.84 bits per heavy atom. The highest BCUT2D eigenvalue weighted by molar-refractivity contribution is 5.46. The number of aryl methyl sites for hydroxylation is 1. The summed E-state index contributed by atoms with van der Waals surface area (Å²) in [4.78, 5) is 0. The minimum atomic E-state index is -0.309. The zero-order valence-corrected chi connectivity index (χ0v) is 10.7. The van der Waals surface area contributed by atoms with Crippen molar-refractivity contribution in [1.82, 2.24) is 0 Å². The van der Waals surface area contributed by atoms with Crippen LogP contribution in [0.4, 0.5) is 14.5 Å². The Bertz CT molecular complexity index is 570. The van der Waals surface area contributed by atoms with E-state index in [1.807, 2.05) is 6.92 Å². The van der Waals surface area contributed by atoms with Gasteiger partial charge in [0, 0.05) is 12.2 Å². The lowest BCUT2D eigenvalue weighted by Gasteiger charge is -2.20. The van der Waals surface area contributed by atoms with E-state index in [9.17, 15) is 8.78 Å². The summed E-state index contributed by atoms with van der Waals surface area (Å²) >= 11 is 0. The van der Waals surface area contributed by atoms with Gasteiger partial charge in [-0.2, -0.15) is 0 Å². The lowest BCUT2D eigenvalue weighted by Crippen LogP contribution is -2.21. The van der Waals surface area contributed by atoms with Crippen molar-refractivity contribution in [2.45, 2.75) is 13.0 Å². The fourth-order valence-electron chi connectivity index (χ4n) is 2.07. The normalized spacial score (nSPS) is 12.2. The van der Waals surface area contributed by atoms with Gasteiger partial charge in [-0.15, -0.1) is 0 Å². The Labute approximate surface area is 111 Å². The maximum atomic E-state index is 13.1. The Hall–Kier alpha value is -1.94. The summed E-state index contributed by atoms with van der Waals surface area (Å²) in [7, 11) is 0. The molecule has 0 radical (unpaired) electrons. The smallest absolute Gasteiger partial charge is 0.125 e. The molecule has 100 valence electrons. The minimum Gasteiger partial charge on any atom is -0.377 e. The first-order valence-corrected chi connectivity index (χ1v) is 6.08. The van der Waals surface area contributed by atoms with Crippen LogP contribution < -0.4 is 11.1 Å². The lowest BCUT2D eigenvalue weighted by molar-refractivity contribution is 0.623. The number of nitrogens with two attached hydrogens (primary N) is 1. The molecule has 0 saturated carbocycles. The summed E-state index contributed by atoms with van der Waals surface area (Å²) in [6, 6.07) is 10.6. The SMILES string of the molecule is Cc1cc(F)ccc1C(CN)Nc1cccc(F)c1. The van der Waals surface area contributed by atoms with Crippen LogP contribution in [0.25, 0.3) is 0 Å². The molecule has 0 spiro atoms. The molecule has 2 rings (SSSR count). The van der Waals surface area contributed by atoms with E-state index in [0.717, 1.165) is 11.1 Å². The van der Waals surface area contributed by atoms with Crippen LogP contribution >= 0.6 is 0 Å². The van der Waals surface area contributed by atoms with E-state index in [0.29, 0.717) is 12.2 Å². The van der Waals surface area contributed by atoms with Crippen molar-refractivity contribution in [1.29, 1.82) is 0 Å². The Morgan fingerprint density at radius 3 is 2.47 bits per heavy atom. The zero-order chi connectivity index (χ0) is 13.8. The molecule has 0 aliphatic rings. The largest absolute Gasteiger partial charge is 0.377 e. The molecule has 2 aromatic rings. The van der Waals surface area contributed by atoms with E-state index in [4.69, 9.17) is 5.73 Å². The van der Waals surface area contributed by atoms with Crippen LogP contribution in [0, 0.1) is 18.6 Å². The van der Waals surface area contributed by atoms with Crippen LogP contribution in [-0.2, 0) is 0 Å². The maximum Gasteiger partial charge on any atom is 0.125 e. The van der Waals surface area contributed by atoms with Crippen molar-refractivity contribution in [3.63, 3.8) is 0 Å². The molecule has 0 amide bonds. The fraction of sp³-hybridized carbons (Fsp3) is 0.200. The molecule has 3 N–H and O–H groups in total. The van der Waals surface area contributed by atoms with Crippen molar-refractivity contribution in [2.24, 2.45) is 5.73 Å². The minimum absolute atomic E-state index is 0.178. The molecule has 0 bridgehead atoms. The summed E-state index contributed by atoms with van der Waals surface area (Å²) in [6.07, 6.45) is 0. The zero-order valence-electron chi connectivity index (χ0n) is 10.7. The monoisotopic (exact) mass is 262 g/mol. The molecular weight excluding hydrogens is 246 g/mol. The molecular formula is C15H16F2N2. The molecule has 0 aliphatic carbocycles. The summed E-state index contributed by atoms with van der Waals surface area (Å²) in [6.45, 7) is 2.16. The van der Waals surface area contributed by atoms with E-state index in [-0.39, 0.29) is 17.7 Å². The molecule has 0 saturated heterocycles. The second-order valence-corrected chi connectivity index (χ2v) is 4.44. The van der Waals surface area contributed by atoms with Crippen molar-refractivity contribution in [2.75, 3.05) is 11.9 Å². The van der Waals surface area contributed by atoms with Gasteiger partial charge in [0.05, 0.1) is 6.04 Å². The van der Waals surface area contributed by atoms with E-state index in [2.05, 4.69) is 5.32 Å². The third-order valence-corrected chi connectivity index (χ3v) is 3.01. The number of hydrogen-bond donors (Lipinski definition) is 2. The number of benzene rings is 2. The molecule has 0 aliphatic heterocycles. The van der Waals surface area contributed by atoms with Crippen molar-refractivity contribution >= 4 is 5.69 Å². The van der Waals surface area contributed by atoms with Crippen molar-refractivity contribution < 1.29 is 8.78 Å². The summed E-state index contributed by atoms with van der Waals surface area (Å²) in [5.74, 6) is -0.584. The van der Waals surface area contributed by atoms with Crippen LogP contribution in [0.15, 0.2) is 42.5 Å². The van der Waals surface area contributed by atoms with Gasteiger partial charge in [0.15, 0.2) is 0 Å². The Balaban J connectivity index is 2.25. The van der Waals surface area contributed by atoms with E-state index < -0.39 is 0 Å². The van der Waals surface area contributed by atoms with Crippen LogP contribution in [0.5, 0.6) is 0 Å². The van der Waals surface area contributed by atoms with Crippen LogP contribution in [0.1, 0.15) is 17.2 Å². The topological polar surface area (TPSA) is 38.0 Å². The number of hydrogen-bond acceptors (Lipinski definition) is 2. The molecule has 0 aromatic heterocycles. The summed E-state index contributed by atoms with van der Waals surface area (Å²) in [5.41, 5.74) is 8.13. The Morgan fingerprint density at radius 1 is 1.11 bits per heavy atom. The third kappa shape index (κ3) is 3.29. The lowest BCUT2D eigenvalue weighted by atomic mass is 10.0. The molecule has 19 heavy (non-hydrogen) atoms. The van der Waals surface area contributed by atoms with Gasteiger partial charge < -0.3 is 11.1 Å². The van der Waals surface area contributed by atoms with E-state index in [1.165, 1.54) is 24.3 Å². The first-order chi connectivity index (χ1) is 9.10. The first-order valence-electron chi connectivity index (χ1n) is 6.08. The number of nitrogens with one attached hydrogen (secondary N) is 1. The molecule has 0 heterocycles. The third-order valence-electron chi connectivity index (χ3n) is 3.01. The average Bonchev–Trinajstić information content (AvgIpc) is 2.37. The molecule has 2 nitrogen and oxygen atoms in total. The van der Waals surface area contributed by atoms with Gasteiger partial charge in [-0.3, -0.25) is 0 Å². The first kappa shape index (κ1) is 13.5. The van der Waals surface area contributed by atoms with Crippen LogP contribution in [-0.4, -0.2) is 6.54 Å². The van der Waals surface area contributed by atoms with Gasteiger partial charge in [-0.25, -0.2) is 8.78 Å². The highest BCUT2D eigenvalue weighted by Crippen LogP contribution is 2.22. The van der Waals surface area contributed by atoms with Gasteiger partial charge in [0.2, 0.25) is 0 Å². The highest BCUT2D eigenvalue weighted by Gasteiger charge is 2.12. The molecule has 1 atom stereocenters. The summed E-state index contributed by atoms with van der Waals surface area (Å²) in [5, 5.41) is 3.16.